The van der Waals surface area contributed by atoms with Crippen LogP contribution >= 0.6 is 0 Å². The summed E-state index contributed by atoms with van der Waals surface area (Å²) in [7, 11) is 0. The molecule has 14 heavy (non-hydrogen) atoms. The number of nitrogen functional groups attached to an aromatic ring is 2. The first-order chi connectivity index (χ1) is 6.77. The minimum atomic E-state index is 0.631. The number of hydrogen-bond acceptors (Lipinski definition) is 3. The Kier molecular flexibility index (Phi) is 2.14. The molecule has 72 valence electrons. The van der Waals surface area contributed by atoms with Crippen molar-refractivity contribution in [2.45, 2.75) is 6.42 Å². The summed E-state index contributed by atoms with van der Waals surface area (Å²) in [5.41, 5.74) is 15.0. The predicted molar refractivity (Wildman–Crippen MR) is 56.8 cm³/mol. The van der Waals surface area contributed by atoms with Gasteiger partial charge < -0.3 is 15.9 Å². The summed E-state index contributed by atoms with van der Waals surface area (Å²) in [4.78, 5) is 0. The smallest absolute Gasteiger partial charge is 0.0937 e. The summed E-state index contributed by atoms with van der Waals surface area (Å²) in [5.74, 6) is 0. The first kappa shape index (κ1) is 8.69. The molecule has 0 unspecified atom stereocenters. The topological polar surface area (TPSA) is 65.2 Å². The van der Waals surface area contributed by atoms with Crippen molar-refractivity contribution in [3.05, 3.63) is 47.9 Å². The van der Waals surface area contributed by atoms with Crippen molar-refractivity contribution in [1.82, 2.24) is 0 Å². The van der Waals surface area contributed by atoms with Gasteiger partial charge in [0.1, 0.15) is 0 Å². The molecule has 2 aromatic rings. The summed E-state index contributed by atoms with van der Waals surface area (Å²) in [5, 5.41) is 0. The number of rotatable bonds is 2. The molecule has 0 aliphatic heterocycles. The van der Waals surface area contributed by atoms with E-state index in [1.807, 2.05) is 18.2 Å². The highest BCUT2D eigenvalue weighted by Crippen LogP contribution is 2.22. The van der Waals surface area contributed by atoms with Crippen LogP contribution in [-0.4, -0.2) is 0 Å². The molecule has 0 aliphatic carbocycles. The zero-order valence-corrected chi connectivity index (χ0v) is 7.73. The molecular formula is C11H12N2O. The maximum atomic E-state index is 5.84. The van der Waals surface area contributed by atoms with Crippen molar-refractivity contribution in [3.8, 4) is 0 Å². The lowest BCUT2D eigenvalue weighted by Crippen LogP contribution is -1.99. The third kappa shape index (κ3) is 1.57. The zero-order chi connectivity index (χ0) is 9.97. The van der Waals surface area contributed by atoms with Crippen molar-refractivity contribution in [1.29, 1.82) is 0 Å². The van der Waals surface area contributed by atoms with E-state index in [0.29, 0.717) is 11.4 Å². The first-order valence-corrected chi connectivity index (χ1v) is 4.41. The molecule has 1 aromatic carbocycles. The maximum Gasteiger partial charge on any atom is 0.0937 e. The van der Waals surface area contributed by atoms with E-state index < -0.39 is 0 Å². The molecule has 3 heteroatoms. The minimum absolute atomic E-state index is 0.631. The molecule has 3 nitrogen and oxygen atoms in total. The number of para-hydroxylation sites is 1. The van der Waals surface area contributed by atoms with Crippen LogP contribution in [0.15, 0.2) is 41.2 Å². The predicted octanol–water partition coefficient (Wildman–Crippen LogP) is 2.03. The van der Waals surface area contributed by atoms with E-state index in [1.165, 1.54) is 0 Å². The summed E-state index contributed by atoms with van der Waals surface area (Å²) < 4.78 is 4.98. The Morgan fingerprint density at radius 2 is 2.00 bits per heavy atom. The average Bonchev–Trinajstić information content (AvgIpc) is 2.66. The molecule has 0 atom stereocenters. The highest BCUT2D eigenvalue weighted by atomic mass is 16.3. The molecule has 0 aliphatic rings. The van der Waals surface area contributed by atoms with Gasteiger partial charge in [-0.05, 0) is 23.3 Å². The third-order valence-electron chi connectivity index (χ3n) is 2.20. The quantitative estimate of drug-likeness (QED) is 0.709. The second-order valence-corrected chi connectivity index (χ2v) is 3.23. The molecule has 0 bridgehead atoms. The highest BCUT2D eigenvalue weighted by Gasteiger charge is 2.03. The van der Waals surface area contributed by atoms with Gasteiger partial charge in [-0.3, -0.25) is 0 Å². The molecule has 1 aromatic heterocycles. The van der Waals surface area contributed by atoms with Gasteiger partial charge in [-0.25, -0.2) is 0 Å². The van der Waals surface area contributed by atoms with Crippen molar-refractivity contribution >= 4 is 11.4 Å². The van der Waals surface area contributed by atoms with Crippen LogP contribution in [0, 0.1) is 0 Å². The molecule has 0 fully saturated rings. The van der Waals surface area contributed by atoms with Gasteiger partial charge in [-0.2, -0.15) is 0 Å². The van der Waals surface area contributed by atoms with E-state index in [2.05, 4.69) is 0 Å². The van der Waals surface area contributed by atoms with Crippen molar-refractivity contribution in [3.63, 3.8) is 0 Å². The van der Waals surface area contributed by atoms with Gasteiger partial charge in [-0.15, -0.1) is 0 Å². The van der Waals surface area contributed by atoms with Crippen LogP contribution in [0.2, 0.25) is 0 Å². The van der Waals surface area contributed by atoms with E-state index in [-0.39, 0.29) is 0 Å². The van der Waals surface area contributed by atoms with Crippen LogP contribution in [0.4, 0.5) is 11.4 Å². The summed E-state index contributed by atoms with van der Waals surface area (Å²) in [6, 6.07) is 7.59. The van der Waals surface area contributed by atoms with Gasteiger partial charge in [0.05, 0.1) is 23.9 Å². The largest absolute Gasteiger partial charge is 0.472 e. The average molecular weight is 188 g/mol. The number of anilines is 2. The second-order valence-electron chi connectivity index (χ2n) is 3.23. The maximum absolute atomic E-state index is 5.84. The second kappa shape index (κ2) is 3.46. The van der Waals surface area contributed by atoms with E-state index in [1.54, 1.807) is 18.6 Å². The minimum Gasteiger partial charge on any atom is -0.472 e. The standard InChI is InChI=1S/C11H12N2O/c12-10-3-1-2-9(11(10)13)6-8-4-5-14-7-8/h1-5,7H,6,12-13H2. The van der Waals surface area contributed by atoms with Crippen LogP contribution in [0.3, 0.4) is 0 Å². The molecular weight excluding hydrogens is 176 g/mol. The molecule has 0 saturated heterocycles. The van der Waals surface area contributed by atoms with Gasteiger partial charge in [0, 0.05) is 6.42 Å². The Hall–Kier alpha value is -1.90. The van der Waals surface area contributed by atoms with Crippen molar-refractivity contribution in [2.24, 2.45) is 0 Å². The lowest BCUT2D eigenvalue weighted by Gasteiger charge is -2.06. The monoisotopic (exact) mass is 188 g/mol. The molecule has 1 heterocycles. The van der Waals surface area contributed by atoms with Crippen molar-refractivity contribution < 1.29 is 4.42 Å². The summed E-state index contributed by atoms with van der Waals surface area (Å²) in [6.07, 6.45) is 4.12. The first-order valence-electron chi connectivity index (χ1n) is 4.41. The van der Waals surface area contributed by atoms with E-state index in [4.69, 9.17) is 15.9 Å². The van der Waals surface area contributed by atoms with Crippen LogP contribution in [0.1, 0.15) is 11.1 Å². The van der Waals surface area contributed by atoms with E-state index >= 15 is 0 Å². The normalized spacial score (nSPS) is 10.3. The molecule has 4 N–H and O–H groups in total. The van der Waals surface area contributed by atoms with Crippen LogP contribution in [0.5, 0.6) is 0 Å². The Bertz CT molecular complexity index is 421. The van der Waals surface area contributed by atoms with Crippen molar-refractivity contribution in [2.75, 3.05) is 11.5 Å². The fourth-order valence-corrected chi connectivity index (χ4v) is 1.40. The fourth-order valence-electron chi connectivity index (χ4n) is 1.40. The number of furan rings is 1. The summed E-state index contributed by atoms with van der Waals surface area (Å²) >= 11 is 0. The summed E-state index contributed by atoms with van der Waals surface area (Å²) in [6.45, 7) is 0. The lowest BCUT2D eigenvalue weighted by molar-refractivity contribution is 0.564. The molecule has 0 spiro atoms. The molecule has 0 amide bonds. The van der Waals surface area contributed by atoms with E-state index in [9.17, 15) is 0 Å². The zero-order valence-electron chi connectivity index (χ0n) is 7.73. The SMILES string of the molecule is Nc1cccc(Cc2ccoc2)c1N. The van der Waals surface area contributed by atoms with Crippen LogP contribution < -0.4 is 11.5 Å². The highest BCUT2D eigenvalue weighted by molar-refractivity contribution is 5.67. The molecule has 2 rings (SSSR count). The number of benzene rings is 1. The Morgan fingerprint density at radius 3 is 2.71 bits per heavy atom. The van der Waals surface area contributed by atoms with Gasteiger partial charge in [0.25, 0.3) is 0 Å². The third-order valence-corrected chi connectivity index (χ3v) is 2.20. The number of hydrogen-bond donors (Lipinski definition) is 2. The molecule has 0 saturated carbocycles. The van der Waals surface area contributed by atoms with Gasteiger partial charge in [0.2, 0.25) is 0 Å². The van der Waals surface area contributed by atoms with Gasteiger partial charge in [-0.1, -0.05) is 12.1 Å². The van der Waals surface area contributed by atoms with Gasteiger partial charge in [0.15, 0.2) is 0 Å². The van der Waals surface area contributed by atoms with E-state index in [0.717, 1.165) is 17.5 Å². The van der Waals surface area contributed by atoms with Crippen LogP contribution in [0.25, 0.3) is 0 Å². The van der Waals surface area contributed by atoms with Gasteiger partial charge >= 0.3 is 0 Å². The lowest BCUT2D eigenvalue weighted by atomic mass is 10.1. The Balaban J connectivity index is 2.29. The Morgan fingerprint density at radius 1 is 1.14 bits per heavy atom. The fraction of sp³-hybridized carbons (Fsp3) is 0.0909. The molecule has 0 radical (unpaired) electrons. The number of nitrogens with two attached hydrogens (primary N) is 2. The Labute approximate surface area is 82.3 Å². The van der Waals surface area contributed by atoms with Crippen LogP contribution in [-0.2, 0) is 6.42 Å².